The fourth-order valence-corrected chi connectivity index (χ4v) is 1.30. The Morgan fingerprint density at radius 3 is 2.58 bits per heavy atom. The van der Waals surface area contributed by atoms with E-state index in [9.17, 15) is 0 Å². The minimum absolute atomic E-state index is 0.195. The highest BCUT2D eigenvalue weighted by Crippen LogP contribution is 2.28. The van der Waals surface area contributed by atoms with E-state index in [0.717, 1.165) is 18.6 Å². The first-order valence-corrected chi connectivity index (χ1v) is 4.58. The summed E-state index contributed by atoms with van der Waals surface area (Å²) in [5, 5.41) is 4.07. The molecule has 1 aliphatic heterocycles. The molecule has 1 rings (SSSR count). The van der Waals surface area contributed by atoms with Crippen LogP contribution in [0.4, 0.5) is 0 Å². The summed E-state index contributed by atoms with van der Waals surface area (Å²) >= 11 is 0. The Bertz CT molecular complexity index is 183. The van der Waals surface area contributed by atoms with Crippen LogP contribution < -0.4 is 5.73 Å². The van der Waals surface area contributed by atoms with Crippen molar-refractivity contribution in [1.82, 2.24) is 0 Å². The number of hydrogen-bond acceptors (Lipinski definition) is 3. The number of nitrogens with zero attached hydrogens (tertiary/aromatic N) is 1. The van der Waals surface area contributed by atoms with Crippen LogP contribution in [-0.2, 0) is 4.84 Å². The molecule has 0 bridgehead atoms. The second-order valence-electron chi connectivity index (χ2n) is 3.75. The summed E-state index contributed by atoms with van der Waals surface area (Å²) in [5.41, 5.74) is 6.59. The molecule has 0 amide bonds. The number of rotatable bonds is 3. The third kappa shape index (κ3) is 1.61. The van der Waals surface area contributed by atoms with Crippen molar-refractivity contribution in [3.8, 4) is 0 Å². The quantitative estimate of drug-likeness (QED) is 0.698. The molecule has 0 aromatic rings. The van der Waals surface area contributed by atoms with Crippen LogP contribution in [0.3, 0.4) is 0 Å². The van der Waals surface area contributed by atoms with Crippen molar-refractivity contribution >= 4 is 5.71 Å². The van der Waals surface area contributed by atoms with Gasteiger partial charge in [-0.25, -0.2) is 0 Å². The van der Waals surface area contributed by atoms with E-state index in [1.807, 2.05) is 0 Å². The van der Waals surface area contributed by atoms with Crippen molar-refractivity contribution in [3.63, 3.8) is 0 Å². The third-order valence-corrected chi connectivity index (χ3v) is 2.54. The van der Waals surface area contributed by atoms with Crippen LogP contribution in [0.15, 0.2) is 5.16 Å². The molecule has 0 aromatic carbocycles. The lowest BCUT2D eigenvalue weighted by molar-refractivity contribution is -0.0140. The predicted molar refractivity (Wildman–Crippen MR) is 50.1 cm³/mol. The van der Waals surface area contributed by atoms with E-state index in [1.165, 1.54) is 0 Å². The van der Waals surface area contributed by atoms with Crippen LogP contribution in [0.25, 0.3) is 0 Å². The van der Waals surface area contributed by atoms with E-state index in [0.29, 0.717) is 12.5 Å². The van der Waals surface area contributed by atoms with Crippen molar-refractivity contribution in [2.75, 3.05) is 6.54 Å². The summed E-state index contributed by atoms with van der Waals surface area (Å²) < 4.78 is 0. The van der Waals surface area contributed by atoms with Gasteiger partial charge in [0.1, 0.15) is 0 Å². The molecule has 0 aromatic heterocycles. The number of oxime groups is 1. The molecule has 0 saturated heterocycles. The van der Waals surface area contributed by atoms with Crippen molar-refractivity contribution in [2.24, 2.45) is 16.8 Å². The van der Waals surface area contributed by atoms with Gasteiger partial charge in [-0.2, -0.15) is 0 Å². The van der Waals surface area contributed by atoms with Crippen LogP contribution in [0, 0.1) is 5.92 Å². The first-order chi connectivity index (χ1) is 5.63. The molecule has 1 heterocycles. The van der Waals surface area contributed by atoms with Crippen molar-refractivity contribution in [1.29, 1.82) is 0 Å². The molecule has 3 nitrogen and oxygen atoms in total. The normalized spacial score (nSPS) is 28.9. The topological polar surface area (TPSA) is 47.6 Å². The van der Waals surface area contributed by atoms with Crippen molar-refractivity contribution < 1.29 is 4.84 Å². The standard InChI is InChI=1S/C9H18N2O/c1-4-9(6-10)5-8(7(2)3)11-12-9/h7H,4-6,10H2,1-3H3. The zero-order valence-corrected chi connectivity index (χ0v) is 8.13. The zero-order chi connectivity index (χ0) is 9.19. The van der Waals surface area contributed by atoms with Gasteiger partial charge in [0.25, 0.3) is 0 Å². The maximum absolute atomic E-state index is 5.64. The van der Waals surface area contributed by atoms with Crippen molar-refractivity contribution in [2.45, 2.75) is 39.2 Å². The second kappa shape index (κ2) is 3.44. The molecule has 3 heteroatoms. The SMILES string of the molecule is CCC1(CN)CC(C(C)C)=NO1. The monoisotopic (exact) mass is 170 g/mol. The second-order valence-corrected chi connectivity index (χ2v) is 3.75. The van der Waals surface area contributed by atoms with E-state index < -0.39 is 0 Å². The van der Waals surface area contributed by atoms with Gasteiger partial charge in [0.05, 0.1) is 5.71 Å². The summed E-state index contributed by atoms with van der Waals surface area (Å²) in [7, 11) is 0. The van der Waals surface area contributed by atoms with Crippen molar-refractivity contribution in [3.05, 3.63) is 0 Å². The van der Waals surface area contributed by atoms with Gasteiger partial charge < -0.3 is 10.6 Å². The van der Waals surface area contributed by atoms with Gasteiger partial charge in [-0.1, -0.05) is 25.9 Å². The fraction of sp³-hybridized carbons (Fsp3) is 0.889. The van der Waals surface area contributed by atoms with Crippen LogP contribution in [0.5, 0.6) is 0 Å². The van der Waals surface area contributed by atoms with Gasteiger partial charge >= 0.3 is 0 Å². The largest absolute Gasteiger partial charge is 0.388 e. The summed E-state index contributed by atoms with van der Waals surface area (Å²) in [4.78, 5) is 5.38. The Hall–Kier alpha value is -0.570. The molecule has 0 saturated carbocycles. The summed E-state index contributed by atoms with van der Waals surface area (Å²) in [6, 6.07) is 0. The maximum Gasteiger partial charge on any atom is 0.154 e. The number of nitrogens with two attached hydrogens (primary N) is 1. The molecule has 2 N–H and O–H groups in total. The minimum Gasteiger partial charge on any atom is -0.388 e. The molecule has 70 valence electrons. The Balaban J connectivity index is 2.60. The molecule has 1 unspecified atom stereocenters. The van der Waals surface area contributed by atoms with Crippen LogP contribution >= 0.6 is 0 Å². The van der Waals surface area contributed by atoms with Gasteiger partial charge in [-0.05, 0) is 12.3 Å². The lowest BCUT2D eigenvalue weighted by Crippen LogP contribution is -2.37. The van der Waals surface area contributed by atoms with E-state index in [2.05, 4.69) is 25.9 Å². The van der Waals surface area contributed by atoms with Gasteiger partial charge in [0, 0.05) is 13.0 Å². The smallest absolute Gasteiger partial charge is 0.154 e. The molecule has 1 aliphatic rings. The molecule has 0 aliphatic carbocycles. The minimum atomic E-state index is -0.195. The molecule has 0 fully saturated rings. The van der Waals surface area contributed by atoms with E-state index in [4.69, 9.17) is 10.6 Å². The highest BCUT2D eigenvalue weighted by molar-refractivity contribution is 5.87. The average molecular weight is 170 g/mol. The molecule has 1 atom stereocenters. The highest BCUT2D eigenvalue weighted by Gasteiger charge is 2.36. The lowest BCUT2D eigenvalue weighted by atomic mass is 9.91. The van der Waals surface area contributed by atoms with Crippen LogP contribution in [0.1, 0.15) is 33.6 Å². The molecule has 0 radical (unpaired) electrons. The van der Waals surface area contributed by atoms with Gasteiger partial charge in [-0.15, -0.1) is 0 Å². The highest BCUT2D eigenvalue weighted by atomic mass is 16.7. The van der Waals surface area contributed by atoms with Crippen LogP contribution in [0.2, 0.25) is 0 Å². The lowest BCUT2D eigenvalue weighted by Gasteiger charge is -2.22. The Labute approximate surface area is 74.0 Å². The number of hydrogen-bond donors (Lipinski definition) is 1. The fourth-order valence-electron chi connectivity index (χ4n) is 1.30. The van der Waals surface area contributed by atoms with Gasteiger partial charge in [0.15, 0.2) is 5.60 Å². The average Bonchev–Trinajstić information content (AvgIpc) is 2.49. The predicted octanol–water partition coefficient (Wildman–Crippen LogP) is 1.53. The summed E-state index contributed by atoms with van der Waals surface area (Å²) in [6.07, 6.45) is 1.83. The molecular weight excluding hydrogens is 152 g/mol. The first-order valence-electron chi connectivity index (χ1n) is 4.58. The first kappa shape index (κ1) is 9.52. The van der Waals surface area contributed by atoms with Gasteiger partial charge in [0.2, 0.25) is 0 Å². The Morgan fingerprint density at radius 2 is 2.33 bits per heavy atom. The molecule has 12 heavy (non-hydrogen) atoms. The molecular formula is C9H18N2O. The maximum atomic E-state index is 5.64. The zero-order valence-electron chi connectivity index (χ0n) is 8.13. The Morgan fingerprint density at radius 1 is 1.67 bits per heavy atom. The summed E-state index contributed by atoms with van der Waals surface area (Å²) in [6.45, 7) is 6.91. The van der Waals surface area contributed by atoms with Gasteiger partial charge in [-0.3, -0.25) is 0 Å². The van der Waals surface area contributed by atoms with E-state index in [1.54, 1.807) is 0 Å². The third-order valence-electron chi connectivity index (χ3n) is 2.54. The summed E-state index contributed by atoms with van der Waals surface area (Å²) in [5.74, 6) is 0.477. The van der Waals surface area contributed by atoms with Crippen LogP contribution in [-0.4, -0.2) is 17.9 Å². The van der Waals surface area contributed by atoms with E-state index >= 15 is 0 Å². The Kier molecular flexibility index (Phi) is 2.73. The van der Waals surface area contributed by atoms with E-state index in [-0.39, 0.29) is 5.60 Å². The molecule has 0 spiro atoms.